The number of alkyl carbamates (subject to hydrolysis) is 1. The summed E-state index contributed by atoms with van der Waals surface area (Å²) in [6, 6.07) is 6.67. The number of nitrogen functional groups attached to an aromatic ring is 1. The zero-order valence-electron chi connectivity index (χ0n) is 13.8. The molecule has 2 amide bonds. The van der Waals surface area contributed by atoms with Crippen LogP contribution in [0.25, 0.3) is 0 Å². The van der Waals surface area contributed by atoms with Crippen molar-refractivity contribution in [3.05, 3.63) is 29.8 Å². The van der Waals surface area contributed by atoms with E-state index in [4.69, 9.17) is 15.2 Å². The zero-order valence-corrected chi connectivity index (χ0v) is 13.8. The Balaban J connectivity index is 2.06. The van der Waals surface area contributed by atoms with E-state index in [1.54, 1.807) is 45.0 Å². The first-order valence-corrected chi connectivity index (χ1v) is 7.46. The number of nitrogens with one attached hydrogen (secondary N) is 2. The molecule has 0 aliphatic heterocycles. The van der Waals surface area contributed by atoms with Crippen molar-refractivity contribution < 1.29 is 19.1 Å². The molecule has 0 atom stereocenters. The highest BCUT2D eigenvalue weighted by molar-refractivity contribution is 5.94. The predicted octanol–water partition coefficient (Wildman–Crippen LogP) is 1.54. The second-order valence-electron chi connectivity index (χ2n) is 5.92. The summed E-state index contributed by atoms with van der Waals surface area (Å²) in [5.74, 6) is -0.180. The minimum absolute atomic E-state index is 0.180. The lowest BCUT2D eigenvalue weighted by molar-refractivity contribution is 0.0500. The van der Waals surface area contributed by atoms with Gasteiger partial charge in [0.15, 0.2) is 0 Å². The molecular formula is C16H25N3O4. The minimum atomic E-state index is -0.517. The lowest BCUT2D eigenvalue weighted by Crippen LogP contribution is -2.34. The van der Waals surface area contributed by atoms with Gasteiger partial charge in [0, 0.05) is 24.3 Å². The third kappa shape index (κ3) is 8.67. The Morgan fingerprint density at radius 2 is 1.61 bits per heavy atom. The molecule has 23 heavy (non-hydrogen) atoms. The first-order valence-electron chi connectivity index (χ1n) is 7.46. The van der Waals surface area contributed by atoms with E-state index in [1.165, 1.54) is 0 Å². The van der Waals surface area contributed by atoms with Crippen LogP contribution in [0.1, 0.15) is 31.1 Å². The van der Waals surface area contributed by atoms with Crippen molar-refractivity contribution in [1.82, 2.24) is 10.6 Å². The van der Waals surface area contributed by atoms with Gasteiger partial charge in [-0.3, -0.25) is 4.79 Å². The van der Waals surface area contributed by atoms with Crippen LogP contribution in [0.5, 0.6) is 0 Å². The van der Waals surface area contributed by atoms with Gasteiger partial charge in [0.2, 0.25) is 0 Å². The summed E-state index contributed by atoms with van der Waals surface area (Å²) >= 11 is 0. The van der Waals surface area contributed by atoms with Gasteiger partial charge in [-0.05, 0) is 45.0 Å². The molecule has 1 aromatic carbocycles. The summed E-state index contributed by atoms with van der Waals surface area (Å²) in [6.07, 6.45) is -0.474. The third-order valence-corrected chi connectivity index (χ3v) is 2.62. The molecule has 4 N–H and O–H groups in total. The molecule has 128 valence electrons. The molecule has 0 saturated heterocycles. The SMILES string of the molecule is CC(C)(C)OC(=O)NCCOCCNC(=O)c1ccc(N)cc1. The Labute approximate surface area is 136 Å². The second kappa shape index (κ2) is 8.99. The number of ether oxygens (including phenoxy) is 2. The molecule has 7 heteroatoms. The lowest BCUT2D eigenvalue weighted by atomic mass is 10.2. The molecular weight excluding hydrogens is 298 g/mol. The van der Waals surface area contributed by atoms with Gasteiger partial charge in [-0.15, -0.1) is 0 Å². The van der Waals surface area contributed by atoms with Crippen molar-refractivity contribution >= 4 is 17.7 Å². The predicted molar refractivity (Wildman–Crippen MR) is 88.2 cm³/mol. The molecule has 1 aromatic rings. The summed E-state index contributed by atoms with van der Waals surface area (Å²) in [5, 5.41) is 5.32. The molecule has 0 spiro atoms. The van der Waals surface area contributed by atoms with Crippen molar-refractivity contribution in [3.8, 4) is 0 Å². The lowest BCUT2D eigenvalue weighted by Gasteiger charge is -2.19. The largest absolute Gasteiger partial charge is 0.444 e. The third-order valence-electron chi connectivity index (χ3n) is 2.62. The van der Waals surface area contributed by atoms with Crippen LogP contribution < -0.4 is 16.4 Å². The van der Waals surface area contributed by atoms with Crippen LogP contribution in [0.15, 0.2) is 24.3 Å². The van der Waals surface area contributed by atoms with Crippen molar-refractivity contribution in [1.29, 1.82) is 0 Å². The van der Waals surface area contributed by atoms with Crippen LogP contribution in [-0.4, -0.2) is 43.9 Å². The molecule has 0 saturated carbocycles. The van der Waals surface area contributed by atoms with Crippen LogP contribution in [0.4, 0.5) is 10.5 Å². The first-order chi connectivity index (χ1) is 10.8. The van der Waals surface area contributed by atoms with Crippen LogP contribution in [0.2, 0.25) is 0 Å². The molecule has 0 aliphatic rings. The number of benzene rings is 1. The number of hydrogen-bond acceptors (Lipinski definition) is 5. The molecule has 0 heterocycles. The van der Waals surface area contributed by atoms with E-state index in [0.29, 0.717) is 37.6 Å². The molecule has 0 bridgehead atoms. The van der Waals surface area contributed by atoms with Gasteiger partial charge in [0.25, 0.3) is 5.91 Å². The fourth-order valence-electron chi connectivity index (χ4n) is 1.61. The summed E-state index contributed by atoms with van der Waals surface area (Å²) in [6.45, 7) is 6.83. The van der Waals surface area contributed by atoms with Gasteiger partial charge in [0.1, 0.15) is 5.60 Å². The topological polar surface area (TPSA) is 103 Å². The minimum Gasteiger partial charge on any atom is -0.444 e. The van der Waals surface area contributed by atoms with Crippen LogP contribution >= 0.6 is 0 Å². The van der Waals surface area contributed by atoms with E-state index in [0.717, 1.165) is 0 Å². The maximum Gasteiger partial charge on any atom is 0.407 e. The first kappa shape index (κ1) is 18.8. The van der Waals surface area contributed by atoms with Crippen molar-refractivity contribution in [2.24, 2.45) is 0 Å². The van der Waals surface area contributed by atoms with E-state index in [2.05, 4.69) is 10.6 Å². The smallest absolute Gasteiger partial charge is 0.407 e. The molecule has 0 fully saturated rings. The van der Waals surface area contributed by atoms with E-state index in [9.17, 15) is 9.59 Å². The Bertz CT molecular complexity index is 509. The van der Waals surface area contributed by atoms with Gasteiger partial charge < -0.3 is 25.8 Å². The molecule has 0 aromatic heterocycles. The Kier molecular flexibility index (Phi) is 7.34. The summed E-state index contributed by atoms with van der Waals surface area (Å²) in [4.78, 5) is 23.1. The zero-order chi connectivity index (χ0) is 17.3. The number of carbonyl (C=O) groups is 2. The van der Waals surface area contributed by atoms with E-state index < -0.39 is 11.7 Å². The van der Waals surface area contributed by atoms with Crippen molar-refractivity contribution in [2.45, 2.75) is 26.4 Å². The Morgan fingerprint density at radius 1 is 1.04 bits per heavy atom. The average Bonchev–Trinajstić information content (AvgIpc) is 2.45. The molecule has 0 aliphatic carbocycles. The standard InChI is InChI=1S/C16H25N3O4/c1-16(2,3)23-15(21)19-9-11-22-10-8-18-14(20)12-4-6-13(17)7-5-12/h4-7H,8-11,17H2,1-3H3,(H,18,20)(H,19,21). The Morgan fingerprint density at radius 3 is 2.17 bits per heavy atom. The maximum atomic E-state index is 11.8. The van der Waals surface area contributed by atoms with E-state index in [-0.39, 0.29) is 5.91 Å². The highest BCUT2D eigenvalue weighted by Gasteiger charge is 2.15. The summed E-state index contributed by atoms with van der Waals surface area (Å²) in [7, 11) is 0. The molecule has 7 nitrogen and oxygen atoms in total. The van der Waals surface area contributed by atoms with Crippen molar-refractivity contribution in [3.63, 3.8) is 0 Å². The van der Waals surface area contributed by atoms with Crippen LogP contribution in [-0.2, 0) is 9.47 Å². The quantitative estimate of drug-likeness (QED) is 0.522. The monoisotopic (exact) mass is 323 g/mol. The van der Waals surface area contributed by atoms with Crippen LogP contribution in [0, 0.1) is 0 Å². The number of anilines is 1. The average molecular weight is 323 g/mol. The molecule has 1 rings (SSSR count). The molecule has 0 unspecified atom stereocenters. The van der Waals surface area contributed by atoms with Crippen molar-refractivity contribution in [2.75, 3.05) is 32.0 Å². The van der Waals surface area contributed by atoms with Crippen LogP contribution in [0.3, 0.4) is 0 Å². The van der Waals surface area contributed by atoms with E-state index >= 15 is 0 Å². The normalized spacial score (nSPS) is 10.9. The summed E-state index contributed by atoms with van der Waals surface area (Å²) in [5.41, 5.74) is 6.20. The van der Waals surface area contributed by atoms with Gasteiger partial charge >= 0.3 is 6.09 Å². The number of amides is 2. The molecule has 0 radical (unpaired) electrons. The van der Waals surface area contributed by atoms with Gasteiger partial charge in [-0.25, -0.2) is 4.79 Å². The van der Waals surface area contributed by atoms with E-state index in [1.807, 2.05) is 0 Å². The highest BCUT2D eigenvalue weighted by Crippen LogP contribution is 2.06. The van der Waals surface area contributed by atoms with Gasteiger partial charge in [-0.2, -0.15) is 0 Å². The summed E-state index contributed by atoms with van der Waals surface area (Å²) < 4.78 is 10.4. The Hall–Kier alpha value is -2.28. The maximum absolute atomic E-state index is 11.8. The number of hydrogen-bond donors (Lipinski definition) is 3. The number of nitrogens with two attached hydrogens (primary N) is 1. The second-order valence-corrected chi connectivity index (χ2v) is 5.92. The van der Waals surface area contributed by atoms with Gasteiger partial charge in [0.05, 0.1) is 13.2 Å². The fourth-order valence-corrected chi connectivity index (χ4v) is 1.61. The number of carbonyl (C=O) groups excluding carboxylic acids is 2. The fraction of sp³-hybridized carbons (Fsp3) is 0.500. The highest BCUT2D eigenvalue weighted by atomic mass is 16.6. The van der Waals surface area contributed by atoms with Gasteiger partial charge in [-0.1, -0.05) is 0 Å². The number of rotatable bonds is 7.